The van der Waals surface area contributed by atoms with Crippen molar-refractivity contribution < 1.29 is 9.53 Å². The van der Waals surface area contributed by atoms with Gasteiger partial charge in [-0.25, -0.2) is 4.98 Å². The Hall–Kier alpha value is -1.88. The number of nitrogens with one attached hydrogen (secondary N) is 2. The van der Waals surface area contributed by atoms with E-state index in [-0.39, 0.29) is 11.9 Å². The molecule has 0 spiro atoms. The molecule has 1 aromatic heterocycles. The van der Waals surface area contributed by atoms with E-state index in [2.05, 4.69) is 15.3 Å². The lowest BCUT2D eigenvalue weighted by molar-refractivity contribution is -0.122. The topological polar surface area (TPSA) is 67.0 Å². The molecule has 2 N–H and O–H groups in total. The maximum atomic E-state index is 11.7. The third-order valence-electron chi connectivity index (χ3n) is 2.87. The van der Waals surface area contributed by atoms with Crippen molar-refractivity contribution >= 4 is 16.9 Å². The van der Waals surface area contributed by atoms with Crippen LogP contribution in [0.1, 0.15) is 32.1 Å². The number of amides is 1. The second-order valence-electron chi connectivity index (χ2n) is 4.38. The van der Waals surface area contributed by atoms with E-state index in [9.17, 15) is 4.79 Å². The molecule has 19 heavy (non-hydrogen) atoms. The number of hydrogen-bond donors (Lipinski definition) is 2. The van der Waals surface area contributed by atoms with Gasteiger partial charge < -0.3 is 15.0 Å². The Morgan fingerprint density at radius 3 is 3.00 bits per heavy atom. The van der Waals surface area contributed by atoms with Gasteiger partial charge in [0.05, 0.1) is 23.7 Å². The summed E-state index contributed by atoms with van der Waals surface area (Å²) in [6.45, 7) is 4.91. The van der Waals surface area contributed by atoms with Gasteiger partial charge in [-0.05, 0) is 26.0 Å². The number of nitrogens with zero attached hydrogens (tertiary/aromatic N) is 1. The lowest BCUT2D eigenvalue weighted by atomic mass is 10.3. The van der Waals surface area contributed by atoms with Gasteiger partial charge >= 0.3 is 0 Å². The van der Waals surface area contributed by atoms with E-state index in [0.717, 1.165) is 16.9 Å². The number of benzene rings is 1. The number of aromatic amines is 1. The third kappa shape index (κ3) is 3.54. The van der Waals surface area contributed by atoms with E-state index >= 15 is 0 Å². The van der Waals surface area contributed by atoms with Crippen LogP contribution in [0.3, 0.4) is 0 Å². The number of H-pyrrole nitrogens is 1. The summed E-state index contributed by atoms with van der Waals surface area (Å²) in [5.74, 6) is 0.743. The van der Waals surface area contributed by atoms with Gasteiger partial charge in [0.15, 0.2) is 0 Å². The highest BCUT2D eigenvalue weighted by atomic mass is 16.5. The number of aromatic nitrogens is 2. The van der Waals surface area contributed by atoms with Crippen LogP contribution < -0.4 is 5.32 Å². The highest BCUT2D eigenvalue weighted by Gasteiger charge is 2.13. The van der Waals surface area contributed by atoms with Gasteiger partial charge in [-0.3, -0.25) is 4.79 Å². The van der Waals surface area contributed by atoms with Crippen LogP contribution in [0.25, 0.3) is 11.0 Å². The minimum absolute atomic E-state index is 0.0265. The van der Waals surface area contributed by atoms with E-state index in [1.807, 2.05) is 38.1 Å². The molecule has 1 atom stereocenters. The van der Waals surface area contributed by atoms with Gasteiger partial charge in [-0.1, -0.05) is 12.1 Å². The molecular formula is C14H19N3O2. The van der Waals surface area contributed by atoms with Crippen LogP contribution in [0.15, 0.2) is 24.3 Å². The molecule has 0 aliphatic carbocycles. The molecule has 102 valence electrons. The van der Waals surface area contributed by atoms with Crippen LogP contribution in [0.2, 0.25) is 0 Å². The standard InChI is InChI=1S/C14H19N3O2/c1-3-19-9-8-13(18)15-10(2)14-16-11-6-4-5-7-12(11)17-14/h4-7,10H,3,8-9H2,1-2H3,(H,15,18)(H,16,17). The third-order valence-corrected chi connectivity index (χ3v) is 2.87. The maximum Gasteiger partial charge on any atom is 0.222 e. The molecular weight excluding hydrogens is 242 g/mol. The predicted octanol–water partition coefficient (Wildman–Crippen LogP) is 2.17. The Morgan fingerprint density at radius 1 is 1.47 bits per heavy atom. The molecule has 0 bridgehead atoms. The summed E-state index contributed by atoms with van der Waals surface area (Å²) in [6.07, 6.45) is 0.373. The van der Waals surface area contributed by atoms with E-state index in [0.29, 0.717) is 19.6 Å². The van der Waals surface area contributed by atoms with Gasteiger partial charge in [0.2, 0.25) is 5.91 Å². The molecule has 0 radical (unpaired) electrons. The van der Waals surface area contributed by atoms with Crippen molar-refractivity contribution in [2.24, 2.45) is 0 Å². The first-order valence-electron chi connectivity index (χ1n) is 6.52. The van der Waals surface area contributed by atoms with Crippen molar-refractivity contribution in [2.75, 3.05) is 13.2 Å². The van der Waals surface area contributed by atoms with Crippen LogP contribution in [0.4, 0.5) is 0 Å². The monoisotopic (exact) mass is 261 g/mol. The molecule has 0 fully saturated rings. The molecule has 0 saturated carbocycles. The van der Waals surface area contributed by atoms with Crippen LogP contribution in [-0.4, -0.2) is 29.1 Å². The van der Waals surface area contributed by atoms with Gasteiger partial charge in [-0.15, -0.1) is 0 Å². The zero-order valence-electron chi connectivity index (χ0n) is 11.3. The molecule has 2 rings (SSSR count). The van der Waals surface area contributed by atoms with Crippen LogP contribution in [-0.2, 0) is 9.53 Å². The second-order valence-corrected chi connectivity index (χ2v) is 4.38. The Morgan fingerprint density at radius 2 is 2.26 bits per heavy atom. The number of carbonyl (C=O) groups excluding carboxylic acids is 1. The quantitative estimate of drug-likeness (QED) is 0.783. The average Bonchev–Trinajstić information content (AvgIpc) is 2.83. The minimum Gasteiger partial charge on any atom is -0.381 e. The van der Waals surface area contributed by atoms with Crippen molar-refractivity contribution in [3.8, 4) is 0 Å². The number of hydrogen-bond acceptors (Lipinski definition) is 3. The fourth-order valence-corrected chi connectivity index (χ4v) is 1.87. The fourth-order valence-electron chi connectivity index (χ4n) is 1.87. The molecule has 0 aliphatic rings. The zero-order valence-corrected chi connectivity index (χ0v) is 11.3. The Kier molecular flexibility index (Phi) is 4.52. The molecule has 2 aromatic rings. The summed E-state index contributed by atoms with van der Waals surface area (Å²) >= 11 is 0. The fraction of sp³-hybridized carbons (Fsp3) is 0.429. The summed E-state index contributed by atoms with van der Waals surface area (Å²) in [6, 6.07) is 7.67. The Bertz CT molecular complexity index is 517. The lowest BCUT2D eigenvalue weighted by Gasteiger charge is -2.11. The van der Waals surface area contributed by atoms with Gasteiger partial charge in [-0.2, -0.15) is 0 Å². The second kappa shape index (κ2) is 6.33. The molecule has 0 aliphatic heterocycles. The summed E-state index contributed by atoms with van der Waals surface area (Å²) in [4.78, 5) is 19.4. The van der Waals surface area contributed by atoms with Crippen molar-refractivity contribution in [3.63, 3.8) is 0 Å². The zero-order chi connectivity index (χ0) is 13.7. The SMILES string of the molecule is CCOCCC(=O)NC(C)c1nc2ccccc2[nH]1. The highest BCUT2D eigenvalue weighted by molar-refractivity contribution is 5.77. The van der Waals surface area contributed by atoms with Crippen LogP contribution in [0, 0.1) is 0 Å². The maximum absolute atomic E-state index is 11.7. The molecule has 5 heteroatoms. The van der Waals surface area contributed by atoms with E-state index in [1.165, 1.54) is 0 Å². The van der Waals surface area contributed by atoms with E-state index < -0.39 is 0 Å². The number of carbonyl (C=O) groups is 1. The minimum atomic E-state index is -0.137. The normalized spacial score (nSPS) is 12.5. The number of ether oxygens (including phenoxy) is 1. The van der Waals surface area contributed by atoms with Crippen molar-refractivity contribution in [1.82, 2.24) is 15.3 Å². The van der Waals surface area contributed by atoms with E-state index in [1.54, 1.807) is 0 Å². The van der Waals surface area contributed by atoms with Crippen molar-refractivity contribution in [1.29, 1.82) is 0 Å². The largest absolute Gasteiger partial charge is 0.381 e. The van der Waals surface area contributed by atoms with Gasteiger partial charge in [0, 0.05) is 13.0 Å². The van der Waals surface area contributed by atoms with Crippen molar-refractivity contribution in [3.05, 3.63) is 30.1 Å². The number of para-hydroxylation sites is 2. The lowest BCUT2D eigenvalue weighted by Crippen LogP contribution is -2.28. The molecule has 1 unspecified atom stereocenters. The van der Waals surface area contributed by atoms with Gasteiger partial charge in [0.1, 0.15) is 5.82 Å². The number of imidazole rings is 1. The Balaban J connectivity index is 1.95. The predicted molar refractivity (Wildman–Crippen MR) is 73.8 cm³/mol. The molecule has 0 saturated heterocycles. The molecule has 1 aromatic carbocycles. The molecule has 1 amide bonds. The summed E-state index contributed by atoms with van der Waals surface area (Å²) in [5.41, 5.74) is 1.89. The number of fused-ring (bicyclic) bond motifs is 1. The summed E-state index contributed by atoms with van der Waals surface area (Å²) in [7, 11) is 0. The van der Waals surface area contributed by atoms with Crippen molar-refractivity contribution in [2.45, 2.75) is 26.3 Å². The van der Waals surface area contributed by atoms with E-state index in [4.69, 9.17) is 4.74 Å². The van der Waals surface area contributed by atoms with Gasteiger partial charge in [0.25, 0.3) is 0 Å². The summed E-state index contributed by atoms with van der Waals surface area (Å²) in [5, 5.41) is 2.90. The first-order chi connectivity index (χ1) is 9.20. The average molecular weight is 261 g/mol. The number of rotatable bonds is 6. The Labute approximate surface area is 112 Å². The summed E-state index contributed by atoms with van der Waals surface area (Å²) < 4.78 is 5.16. The first kappa shape index (κ1) is 13.5. The van der Waals surface area contributed by atoms with Crippen LogP contribution >= 0.6 is 0 Å². The molecule has 5 nitrogen and oxygen atoms in total. The highest BCUT2D eigenvalue weighted by Crippen LogP contribution is 2.15. The first-order valence-corrected chi connectivity index (χ1v) is 6.52. The van der Waals surface area contributed by atoms with Crippen LogP contribution in [0.5, 0.6) is 0 Å². The molecule has 1 heterocycles. The smallest absolute Gasteiger partial charge is 0.222 e.